The second-order valence-corrected chi connectivity index (χ2v) is 5.61. The van der Waals surface area contributed by atoms with Crippen LogP contribution in [0.15, 0.2) is 18.3 Å². The van der Waals surface area contributed by atoms with Gasteiger partial charge in [-0.25, -0.2) is 9.78 Å². The molecule has 0 spiro atoms. The molecule has 0 radical (unpaired) electrons. The standard InChI is InChI=1S/C15H18N2O4/c18-14(9-4-5-12(15(19)20)16-8-9)17-11-2-1-3-13-10(11)6-7-21-13/h4-5,8,10-11,13H,1-3,6-7H2,(H,17,18)(H,19,20). The van der Waals surface area contributed by atoms with E-state index in [1.165, 1.54) is 18.3 Å². The summed E-state index contributed by atoms with van der Waals surface area (Å²) < 4.78 is 5.69. The van der Waals surface area contributed by atoms with Crippen molar-refractivity contribution in [3.05, 3.63) is 29.6 Å². The van der Waals surface area contributed by atoms with Gasteiger partial charge in [-0.3, -0.25) is 4.79 Å². The van der Waals surface area contributed by atoms with E-state index in [9.17, 15) is 9.59 Å². The van der Waals surface area contributed by atoms with Crippen molar-refractivity contribution in [1.29, 1.82) is 0 Å². The lowest BCUT2D eigenvalue weighted by molar-refractivity contribution is 0.0510. The lowest BCUT2D eigenvalue weighted by Crippen LogP contribution is -2.45. The second-order valence-electron chi connectivity index (χ2n) is 5.61. The Morgan fingerprint density at radius 3 is 2.86 bits per heavy atom. The summed E-state index contributed by atoms with van der Waals surface area (Å²) in [5, 5.41) is 11.9. The summed E-state index contributed by atoms with van der Waals surface area (Å²) in [6.07, 6.45) is 5.68. The molecule has 1 aliphatic heterocycles. The monoisotopic (exact) mass is 290 g/mol. The number of carbonyl (C=O) groups excluding carboxylic acids is 1. The molecule has 1 amide bonds. The Bertz CT molecular complexity index is 543. The maximum Gasteiger partial charge on any atom is 0.354 e. The van der Waals surface area contributed by atoms with E-state index >= 15 is 0 Å². The van der Waals surface area contributed by atoms with Crippen molar-refractivity contribution in [2.45, 2.75) is 37.8 Å². The lowest BCUT2D eigenvalue weighted by atomic mass is 9.81. The molecule has 2 aliphatic rings. The first kappa shape index (κ1) is 14.0. The number of amides is 1. The van der Waals surface area contributed by atoms with Crippen LogP contribution in [0.2, 0.25) is 0 Å². The van der Waals surface area contributed by atoms with Crippen LogP contribution < -0.4 is 5.32 Å². The van der Waals surface area contributed by atoms with Crippen molar-refractivity contribution in [1.82, 2.24) is 10.3 Å². The van der Waals surface area contributed by atoms with Crippen LogP contribution in [0, 0.1) is 5.92 Å². The molecule has 0 bridgehead atoms. The molecule has 1 aromatic heterocycles. The third-order valence-electron chi connectivity index (χ3n) is 4.34. The maximum atomic E-state index is 12.2. The van der Waals surface area contributed by atoms with Crippen LogP contribution in [0.3, 0.4) is 0 Å². The van der Waals surface area contributed by atoms with Gasteiger partial charge in [-0.05, 0) is 37.8 Å². The third kappa shape index (κ3) is 2.90. The van der Waals surface area contributed by atoms with Gasteiger partial charge >= 0.3 is 5.97 Å². The highest BCUT2D eigenvalue weighted by Crippen LogP contribution is 2.34. The van der Waals surface area contributed by atoms with Gasteiger partial charge in [-0.2, -0.15) is 0 Å². The van der Waals surface area contributed by atoms with Gasteiger partial charge in [0.05, 0.1) is 11.7 Å². The van der Waals surface area contributed by atoms with Crippen LogP contribution in [-0.4, -0.2) is 40.7 Å². The summed E-state index contributed by atoms with van der Waals surface area (Å²) in [5.74, 6) is -0.897. The number of ether oxygens (including phenoxy) is 1. The Kier molecular flexibility index (Phi) is 3.88. The van der Waals surface area contributed by atoms with E-state index in [0.29, 0.717) is 11.5 Å². The number of nitrogens with zero attached hydrogens (tertiary/aromatic N) is 1. The molecule has 1 aromatic rings. The van der Waals surface area contributed by atoms with E-state index in [0.717, 1.165) is 32.3 Å². The highest BCUT2D eigenvalue weighted by molar-refractivity contribution is 5.95. The predicted molar refractivity (Wildman–Crippen MR) is 74.1 cm³/mol. The van der Waals surface area contributed by atoms with Crippen molar-refractivity contribution >= 4 is 11.9 Å². The van der Waals surface area contributed by atoms with E-state index in [-0.39, 0.29) is 23.7 Å². The van der Waals surface area contributed by atoms with E-state index in [1.807, 2.05) is 0 Å². The smallest absolute Gasteiger partial charge is 0.354 e. The number of hydrogen-bond acceptors (Lipinski definition) is 4. The lowest BCUT2D eigenvalue weighted by Gasteiger charge is -2.33. The molecule has 6 nitrogen and oxygen atoms in total. The quantitative estimate of drug-likeness (QED) is 0.880. The van der Waals surface area contributed by atoms with Crippen molar-refractivity contribution in [2.24, 2.45) is 5.92 Å². The van der Waals surface area contributed by atoms with Gasteiger partial charge in [0, 0.05) is 24.8 Å². The van der Waals surface area contributed by atoms with Gasteiger partial charge in [-0.1, -0.05) is 0 Å². The highest BCUT2D eigenvalue weighted by atomic mass is 16.5. The number of carboxylic acid groups (broad SMARTS) is 1. The Hall–Kier alpha value is -1.95. The Morgan fingerprint density at radius 2 is 2.14 bits per heavy atom. The molecule has 1 aliphatic carbocycles. The number of aromatic carboxylic acids is 1. The van der Waals surface area contributed by atoms with Crippen LogP contribution in [-0.2, 0) is 4.74 Å². The zero-order chi connectivity index (χ0) is 14.8. The fourth-order valence-electron chi connectivity index (χ4n) is 3.26. The number of pyridine rings is 1. The molecule has 6 heteroatoms. The van der Waals surface area contributed by atoms with Crippen LogP contribution in [0.5, 0.6) is 0 Å². The minimum Gasteiger partial charge on any atom is -0.477 e. The predicted octanol–water partition coefficient (Wildman–Crippen LogP) is 1.47. The van der Waals surface area contributed by atoms with Gasteiger partial charge in [0.25, 0.3) is 5.91 Å². The molecule has 2 fully saturated rings. The van der Waals surface area contributed by atoms with Gasteiger partial charge in [0.2, 0.25) is 0 Å². The van der Waals surface area contributed by atoms with E-state index in [4.69, 9.17) is 9.84 Å². The van der Waals surface area contributed by atoms with Crippen molar-refractivity contribution in [2.75, 3.05) is 6.61 Å². The molecular weight excluding hydrogens is 272 g/mol. The average Bonchev–Trinajstić information content (AvgIpc) is 2.97. The number of hydrogen-bond donors (Lipinski definition) is 2. The molecule has 1 saturated heterocycles. The molecule has 1 saturated carbocycles. The Balaban J connectivity index is 1.66. The van der Waals surface area contributed by atoms with Crippen molar-refractivity contribution in [3.63, 3.8) is 0 Å². The normalized spacial score (nSPS) is 27.9. The summed E-state index contributed by atoms with van der Waals surface area (Å²) in [4.78, 5) is 26.8. The molecule has 2 heterocycles. The summed E-state index contributed by atoms with van der Waals surface area (Å²) in [6, 6.07) is 2.98. The van der Waals surface area contributed by atoms with Gasteiger partial charge in [0.1, 0.15) is 5.69 Å². The minimum absolute atomic E-state index is 0.0616. The second kappa shape index (κ2) is 5.81. The van der Waals surface area contributed by atoms with Crippen molar-refractivity contribution < 1.29 is 19.4 Å². The maximum absolute atomic E-state index is 12.2. The van der Waals surface area contributed by atoms with Gasteiger partial charge in [-0.15, -0.1) is 0 Å². The van der Waals surface area contributed by atoms with Crippen LogP contribution in [0.4, 0.5) is 0 Å². The Labute approximate surface area is 122 Å². The third-order valence-corrected chi connectivity index (χ3v) is 4.34. The Morgan fingerprint density at radius 1 is 1.29 bits per heavy atom. The number of aromatic nitrogens is 1. The van der Waals surface area contributed by atoms with E-state index < -0.39 is 5.97 Å². The molecule has 3 atom stereocenters. The zero-order valence-corrected chi connectivity index (χ0v) is 11.6. The number of fused-ring (bicyclic) bond motifs is 1. The fourth-order valence-corrected chi connectivity index (χ4v) is 3.26. The molecule has 3 rings (SSSR count). The number of carboxylic acids is 1. The van der Waals surface area contributed by atoms with Crippen molar-refractivity contribution in [3.8, 4) is 0 Å². The topological polar surface area (TPSA) is 88.5 Å². The van der Waals surface area contributed by atoms with Crippen LogP contribution in [0.1, 0.15) is 46.5 Å². The highest BCUT2D eigenvalue weighted by Gasteiger charge is 2.38. The number of nitrogens with one attached hydrogen (secondary N) is 1. The van der Waals surface area contributed by atoms with Crippen LogP contribution >= 0.6 is 0 Å². The summed E-state index contributed by atoms with van der Waals surface area (Å²) in [7, 11) is 0. The van der Waals surface area contributed by atoms with Crippen LogP contribution in [0.25, 0.3) is 0 Å². The molecule has 3 unspecified atom stereocenters. The first-order valence-electron chi connectivity index (χ1n) is 7.27. The number of rotatable bonds is 3. The molecule has 0 aromatic carbocycles. The number of carbonyl (C=O) groups is 2. The summed E-state index contributed by atoms with van der Waals surface area (Å²) in [5.41, 5.74) is 0.328. The SMILES string of the molecule is O=C(NC1CCCC2OCCC12)c1ccc(C(=O)O)nc1. The summed E-state index contributed by atoms with van der Waals surface area (Å²) >= 11 is 0. The summed E-state index contributed by atoms with van der Waals surface area (Å²) in [6.45, 7) is 0.774. The van der Waals surface area contributed by atoms with Gasteiger partial charge < -0.3 is 15.2 Å². The minimum atomic E-state index is -1.10. The first-order valence-corrected chi connectivity index (χ1v) is 7.27. The average molecular weight is 290 g/mol. The van der Waals surface area contributed by atoms with E-state index in [2.05, 4.69) is 10.3 Å². The molecule has 21 heavy (non-hydrogen) atoms. The van der Waals surface area contributed by atoms with Gasteiger partial charge in [0.15, 0.2) is 0 Å². The zero-order valence-electron chi connectivity index (χ0n) is 11.6. The fraction of sp³-hybridized carbons (Fsp3) is 0.533. The van der Waals surface area contributed by atoms with E-state index in [1.54, 1.807) is 0 Å². The molecule has 2 N–H and O–H groups in total. The first-order chi connectivity index (χ1) is 10.1. The molecule has 112 valence electrons. The molecular formula is C15H18N2O4. The largest absolute Gasteiger partial charge is 0.477 e.